The summed E-state index contributed by atoms with van der Waals surface area (Å²) < 4.78 is 11.2. The van der Waals surface area contributed by atoms with Crippen LogP contribution in [-0.4, -0.2) is 19.2 Å². The van der Waals surface area contributed by atoms with Crippen molar-refractivity contribution in [3.8, 4) is 5.75 Å². The van der Waals surface area contributed by atoms with E-state index in [1.54, 1.807) is 20.1 Å². The second kappa shape index (κ2) is 6.38. The molecule has 0 aliphatic carbocycles. The zero-order valence-electron chi connectivity index (χ0n) is 11.0. The lowest BCUT2D eigenvalue weighted by Crippen LogP contribution is -2.17. The van der Waals surface area contributed by atoms with Crippen LogP contribution < -0.4 is 10.2 Å². The normalized spacial score (nSPS) is 10.8. The number of furan rings is 1. The molecule has 1 N–H and O–H groups in total. The molecule has 0 aliphatic rings. The molecule has 0 unspecified atom stereocenters. The van der Waals surface area contributed by atoms with Crippen molar-refractivity contribution in [3.63, 3.8) is 0 Å². The van der Waals surface area contributed by atoms with Crippen molar-refractivity contribution in [3.05, 3.63) is 51.9 Å². The Morgan fingerprint density at radius 1 is 1.45 bits per heavy atom. The highest BCUT2D eigenvalue weighted by atomic mass is 79.9. The van der Waals surface area contributed by atoms with Crippen LogP contribution in [0.5, 0.6) is 5.75 Å². The summed E-state index contributed by atoms with van der Waals surface area (Å²) in [6.07, 6.45) is 2.99. The molecule has 0 spiro atoms. The lowest BCUT2D eigenvalue weighted by atomic mass is 10.2. The number of halogens is 1. The Balaban J connectivity index is 2.09. The number of hydrogen-bond donors (Lipinski definition) is 1. The molecule has 0 bridgehead atoms. The Bertz CT molecular complexity index is 650. The fourth-order valence-electron chi connectivity index (χ4n) is 1.65. The molecule has 20 heavy (non-hydrogen) atoms. The minimum Gasteiger partial charge on any atom is -0.496 e. The Kier molecular flexibility index (Phi) is 4.57. The van der Waals surface area contributed by atoms with E-state index in [2.05, 4.69) is 26.5 Å². The van der Waals surface area contributed by atoms with E-state index in [-0.39, 0.29) is 5.91 Å². The van der Waals surface area contributed by atoms with Crippen LogP contribution in [0.1, 0.15) is 21.7 Å². The molecule has 0 saturated carbocycles. The average molecular weight is 337 g/mol. The number of rotatable bonds is 4. The number of hydrazone groups is 1. The molecule has 1 heterocycles. The maximum Gasteiger partial charge on any atom is 0.274 e. The summed E-state index contributed by atoms with van der Waals surface area (Å²) in [5, 5.41) is 3.92. The number of hydrogen-bond acceptors (Lipinski definition) is 4. The average Bonchev–Trinajstić information content (AvgIpc) is 2.85. The molecule has 0 atom stereocenters. The minimum atomic E-state index is -0.318. The molecule has 0 aliphatic heterocycles. The van der Waals surface area contributed by atoms with Gasteiger partial charge < -0.3 is 9.15 Å². The number of amides is 1. The zero-order valence-corrected chi connectivity index (χ0v) is 12.6. The third-order valence-electron chi connectivity index (χ3n) is 2.66. The van der Waals surface area contributed by atoms with Crippen LogP contribution in [-0.2, 0) is 0 Å². The van der Waals surface area contributed by atoms with Gasteiger partial charge in [-0.15, -0.1) is 0 Å². The molecular formula is C14H13BrN2O3. The Morgan fingerprint density at radius 2 is 2.25 bits per heavy atom. The maximum atomic E-state index is 11.8. The molecule has 0 radical (unpaired) electrons. The van der Waals surface area contributed by atoms with E-state index in [0.717, 1.165) is 10.0 Å². The highest BCUT2D eigenvalue weighted by Gasteiger charge is 2.10. The standard InChI is InChI=1S/C14H13BrN2O3/c1-9-12(5-6-20-9)14(18)17-16-8-10-7-11(15)3-4-13(10)19-2/h3-8H,1-2H3,(H,17,18)/b16-8+. The van der Waals surface area contributed by atoms with Crippen LogP contribution in [0.3, 0.4) is 0 Å². The first-order valence-corrected chi connectivity index (χ1v) is 6.62. The summed E-state index contributed by atoms with van der Waals surface area (Å²) in [5.74, 6) is 0.907. The van der Waals surface area contributed by atoms with Crippen molar-refractivity contribution in [2.75, 3.05) is 7.11 Å². The van der Waals surface area contributed by atoms with Crippen LogP contribution in [0.4, 0.5) is 0 Å². The van der Waals surface area contributed by atoms with E-state index >= 15 is 0 Å². The summed E-state index contributed by atoms with van der Waals surface area (Å²) >= 11 is 3.37. The second-order valence-electron chi connectivity index (χ2n) is 3.98. The first-order valence-electron chi connectivity index (χ1n) is 5.83. The van der Waals surface area contributed by atoms with Gasteiger partial charge in [0.2, 0.25) is 0 Å². The third-order valence-corrected chi connectivity index (χ3v) is 3.16. The number of nitrogens with one attached hydrogen (secondary N) is 1. The fourth-order valence-corrected chi connectivity index (χ4v) is 2.03. The lowest BCUT2D eigenvalue weighted by molar-refractivity contribution is 0.0953. The Morgan fingerprint density at radius 3 is 2.90 bits per heavy atom. The quantitative estimate of drug-likeness (QED) is 0.689. The molecule has 0 saturated heterocycles. The largest absolute Gasteiger partial charge is 0.496 e. The monoisotopic (exact) mass is 336 g/mol. The van der Waals surface area contributed by atoms with Crippen molar-refractivity contribution in [2.45, 2.75) is 6.92 Å². The molecule has 1 amide bonds. The number of carbonyl (C=O) groups is 1. The van der Waals surface area contributed by atoms with Gasteiger partial charge in [-0.25, -0.2) is 5.43 Å². The number of methoxy groups -OCH3 is 1. The number of benzene rings is 1. The van der Waals surface area contributed by atoms with E-state index in [4.69, 9.17) is 9.15 Å². The molecule has 5 nitrogen and oxygen atoms in total. The van der Waals surface area contributed by atoms with Crippen molar-refractivity contribution in [1.82, 2.24) is 5.43 Å². The minimum absolute atomic E-state index is 0.318. The predicted molar refractivity (Wildman–Crippen MR) is 79.2 cm³/mol. The summed E-state index contributed by atoms with van der Waals surface area (Å²) in [4.78, 5) is 11.8. The van der Waals surface area contributed by atoms with Gasteiger partial charge in [0, 0.05) is 10.0 Å². The van der Waals surface area contributed by atoms with Gasteiger partial charge in [-0.05, 0) is 31.2 Å². The number of ether oxygens (including phenoxy) is 1. The highest BCUT2D eigenvalue weighted by Crippen LogP contribution is 2.21. The predicted octanol–water partition coefficient (Wildman–Crippen LogP) is 3.12. The number of carbonyl (C=O) groups excluding carboxylic acids is 1. The first kappa shape index (κ1) is 14.3. The van der Waals surface area contributed by atoms with Gasteiger partial charge in [-0.1, -0.05) is 15.9 Å². The molecule has 104 valence electrons. The van der Waals surface area contributed by atoms with Crippen molar-refractivity contribution in [1.29, 1.82) is 0 Å². The van der Waals surface area contributed by atoms with Crippen molar-refractivity contribution < 1.29 is 13.9 Å². The summed E-state index contributed by atoms with van der Waals surface area (Å²) in [6, 6.07) is 7.12. The molecule has 2 rings (SSSR count). The summed E-state index contributed by atoms with van der Waals surface area (Å²) in [6.45, 7) is 1.72. The second-order valence-corrected chi connectivity index (χ2v) is 4.89. The van der Waals surface area contributed by atoms with Gasteiger partial charge in [-0.3, -0.25) is 4.79 Å². The topological polar surface area (TPSA) is 63.8 Å². The molecule has 2 aromatic rings. The van der Waals surface area contributed by atoms with E-state index < -0.39 is 0 Å². The van der Waals surface area contributed by atoms with E-state index in [9.17, 15) is 4.79 Å². The molecule has 1 aromatic heterocycles. The Labute approximate surface area is 124 Å². The van der Waals surface area contributed by atoms with Gasteiger partial charge in [0.15, 0.2) is 0 Å². The summed E-state index contributed by atoms with van der Waals surface area (Å²) in [5.41, 5.74) is 3.66. The van der Waals surface area contributed by atoms with E-state index in [1.165, 1.54) is 12.5 Å². The van der Waals surface area contributed by atoms with Crippen LogP contribution in [0, 0.1) is 6.92 Å². The smallest absolute Gasteiger partial charge is 0.274 e. The maximum absolute atomic E-state index is 11.8. The molecule has 6 heteroatoms. The van der Waals surface area contributed by atoms with Gasteiger partial charge in [0.25, 0.3) is 5.91 Å². The van der Waals surface area contributed by atoms with Crippen LogP contribution in [0.15, 0.2) is 44.5 Å². The van der Waals surface area contributed by atoms with E-state index in [1.807, 2.05) is 18.2 Å². The zero-order chi connectivity index (χ0) is 14.5. The van der Waals surface area contributed by atoms with Crippen molar-refractivity contribution >= 4 is 28.1 Å². The van der Waals surface area contributed by atoms with Gasteiger partial charge in [-0.2, -0.15) is 5.10 Å². The fraction of sp³-hybridized carbons (Fsp3) is 0.143. The van der Waals surface area contributed by atoms with Crippen LogP contribution in [0.25, 0.3) is 0 Å². The van der Waals surface area contributed by atoms with Crippen LogP contribution >= 0.6 is 15.9 Å². The summed E-state index contributed by atoms with van der Waals surface area (Å²) in [7, 11) is 1.58. The van der Waals surface area contributed by atoms with Crippen molar-refractivity contribution in [2.24, 2.45) is 5.10 Å². The molecule has 0 fully saturated rings. The molecule has 1 aromatic carbocycles. The van der Waals surface area contributed by atoms with Crippen LogP contribution in [0.2, 0.25) is 0 Å². The van der Waals surface area contributed by atoms with E-state index in [0.29, 0.717) is 17.1 Å². The number of aryl methyl sites for hydroxylation is 1. The van der Waals surface area contributed by atoms with Gasteiger partial charge in [0.1, 0.15) is 11.5 Å². The SMILES string of the molecule is COc1ccc(Br)cc1/C=N/NC(=O)c1ccoc1C. The first-order chi connectivity index (χ1) is 9.61. The molecular weight excluding hydrogens is 324 g/mol. The third kappa shape index (κ3) is 3.27. The Hall–Kier alpha value is -2.08. The van der Waals surface area contributed by atoms with Gasteiger partial charge in [0.05, 0.1) is 25.2 Å². The lowest BCUT2D eigenvalue weighted by Gasteiger charge is -2.04. The highest BCUT2D eigenvalue weighted by molar-refractivity contribution is 9.10. The van der Waals surface area contributed by atoms with Gasteiger partial charge >= 0.3 is 0 Å². The number of nitrogens with zero attached hydrogens (tertiary/aromatic N) is 1.